The Balaban J connectivity index is 2.89. The Bertz CT molecular complexity index is 416. The lowest BCUT2D eigenvalue weighted by Crippen LogP contribution is -2.41. The van der Waals surface area contributed by atoms with Crippen LogP contribution in [0.1, 0.15) is 11.6 Å². The molecule has 0 heterocycles. The van der Waals surface area contributed by atoms with Crippen LogP contribution in [0, 0.1) is 0 Å². The van der Waals surface area contributed by atoms with Crippen LogP contribution in [0.15, 0.2) is 30.3 Å². The summed E-state index contributed by atoms with van der Waals surface area (Å²) in [7, 11) is 0. The van der Waals surface area contributed by atoms with Gasteiger partial charge >= 0.3 is 17.8 Å². The third kappa shape index (κ3) is 2.81. The van der Waals surface area contributed by atoms with Gasteiger partial charge in [-0.15, -0.1) is 0 Å². The summed E-state index contributed by atoms with van der Waals surface area (Å²) in [5.41, 5.74) is 5.08. The molecular weight excluding hydrogens is 212 g/mol. The van der Waals surface area contributed by atoms with Crippen molar-refractivity contribution in [3.05, 3.63) is 35.9 Å². The van der Waals surface area contributed by atoms with Crippen molar-refractivity contribution in [2.24, 2.45) is 5.73 Å². The topological polar surface area (TPSA) is 109 Å². The average Bonchev–Trinajstić information content (AvgIpc) is 2.26. The maximum absolute atomic E-state index is 11.0. The number of nitrogens with two attached hydrogens (primary N) is 1. The Morgan fingerprint density at radius 2 is 1.75 bits per heavy atom. The molecule has 84 valence electrons. The fourth-order valence-corrected chi connectivity index (χ4v) is 1.14. The standard InChI is InChI=1S/C10H10N2O4/c11-8(13)9(14)12-7(10(15)16)6-4-2-1-3-5-6/h1-5,7H,(H2,11,13)(H,12,14)(H,15,16)/t7-/m1/s1. The number of amides is 2. The zero-order valence-corrected chi connectivity index (χ0v) is 8.21. The maximum atomic E-state index is 11.0. The van der Waals surface area contributed by atoms with E-state index in [2.05, 4.69) is 0 Å². The van der Waals surface area contributed by atoms with Crippen LogP contribution in [0.2, 0.25) is 0 Å². The van der Waals surface area contributed by atoms with Gasteiger partial charge in [0.2, 0.25) is 0 Å². The fraction of sp³-hybridized carbons (Fsp3) is 0.100. The van der Waals surface area contributed by atoms with E-state index >= 15 is 0 Å². The van der Waals surface area contributed by atoms with Gasteiger partial charge in [0.1, 0.15) is 0 Å². The molecule has 0 bridgehead atoms. The molecule has 1 atom stereocenters. The second-order valence-electron chi connectivity index (χ2n) is 3.02. The lowest BCUT2D eigenvalue weighted by atomic mass is 10.1. The first kappa shape index (κ1) is 11.7. The van der Waals surface area contributed by atoms with E-state index in [-0.39, 0.29) is 0 Å². The van der Waals surface area contributed by atoms with E-state index in [4.69, 9.17) is 10.8 Å². The molecule has 2 amide bonds. The van der Waals surface area contributed by atoms with Crippen molar-refractivity contribution in [1.82, 2.24) is 5.32 Å². The zero-order chi connectivity index (χ0) is 12.1. The Morgan fingerprint density at radius 1 is 1.19 bits per heavy atom. The molecule has 16 heavy (non-hydrogen) atoms. The number of carboxylic acids is 1. The summed E-state index contributed by atoms with van der Waals surface area (Å²) in [5.74, 6) is -3.61. The summed E-state index contributed by atoms with van der Waals surface area (Å²) in [4.78, 5) is 32.4. The molecule has 0 saturated heterocycles. The number of carbonyl (C=O) groups is 3. The van der Waals surface area contributed by atoms with Gasteiger partial charge < -0.3 is 16.2 Å². The minimum Gasteiger partial charge on any atom is -0.479 e. The van der Waals surface area contributed by atoms with Gasteiger partial charge in [0, 0.05) is 0 Å². The van der Waals surface area contributed by atoms with Crippen LogP contribution in [0.25, 0.3) is 0 Å². The molecule has 0 aliphatic carbocycles. The van der Waals surface area contributed by atoms with Gasteiger partial charge in [-0.3, -0.25) is 9.59 Å². The molecule has 1 rings (SSSR count). The molecule has 6 heteroatoms. The van der Waals surface area contributed by atoms with Gasteiger partial charge in [-0.25, -0.2) is 4.79 Å². The largest absolute Gasteiger partial charge is 0.479 e. The van der Waals surface area contributed by atoms with E-state index in [0.717, 1.165) is 0 Å². The highest BCUT2D eigenvalue weighted by Crippen LogP contribution is 2.12. The number of carboxylic acid groups (broad SMARTS) is 1. The minimum atomic E-state index is -1.28. The van der Waals surface area contributed by atoms with E-state index < -0.39 is 23.8 Å². The SMILES string of the molecule is NC(=O)C(=O)N[C@@H](C(=O)O)c1ccccc1. The van der Waals surface area contributed by atoms with Crippen LogP contribution >= 0.6 is 0 Å². The summed E-state index contributed by atoms with van der Waals surface area (Å²) in [6.07, 6.45) is 0. The zero-order valence-electron chi connectivity index (χ0n) is 8.21. The van der Waals surface area contributed by atoms with Crippen LogP contribution in [0.4, 0.5) is 0 Å². The van der Waals surface area contributed by atoms with Crippen molar-refractivity contribution in [3.8, 4) is 0 Å². The molecule has 0 spiro atoms. The lowest BCUT2D eigenvalue weighted by molar-refractivity contribution is -0.144. The van der Waals surface area contributed by atoms with Gasteiger partial charge in [0.15, 0.2) is 6.04 Å². The van der Waals surface area contributed by atoms with Crippen LogP contribution in [0.5, 0.6) is 0 Å². The van der Waals surface area contributed by atoms with E-state index in [1.165, 1.54) is 12.1 Å². The van der Waals surface area contributed by atoms with Gasteiger partial charge in [0.25, 0.3) is 0 Å². The van der Waals surface area contributed by atoms with E-state index in [9.17, 15) is 14.4 Å². The maximum Gasteiger partial charge on any atom is 0.330 e. The Kier molecular flexibility index (Phi) is 3.60. The number of aliphatic carboxylic acids is 1. The summed E-state index contributed by atoms with van der Waals surface area (Å²) in [6, 6.07) is 6.74. The fourth-order valence-electron chi connectivity index (χ4n) is 1.14. The highest BCUT2D eigenvalue weighted by molar-refractivity contribution is 6.34. The van der Waals surface area contributed by atoms with E-state index in [1.54, 1.807) is 18.2 Å². The van der Waals surface area contributed by atoms with Crippen molar-refractivity contribution >= 4 is 17.8 Å². The summed E-state index contributed by atoms with van der Waals surface area (Å²) >= 11 is 0. The molecule has 0 radical (unpaired) electrons. The second kappa shape index (κ2) is 4.92. The predicted octanol–water partition coefficient (Wildman–Crippen LogP) is -0.586. The van der Waals surface area contributed by atoms with Crippen molar-refractivity contribution in [3.63, 3.8) is 0 Å². The van der Waals surface area contributed by atoms with Crippen molar-refractivity contribution in [2.45, 2.75) is 6.04 Å². The molecule has 0 fully saturated rings. The quantitative estimate of drug-likeness (QED) is 0.594. The summed E-state index contributed by atoms with van der Waals surface area (Å²) < 4.78 is 0. The van der Waals surface area contributed by atoms with Gasteiger partial charge in [0.05, 0.1) is 0 Å². The monoisotopic (exact) mass is 222 g/mol. The molecule has 0 aliphatic rings. The molecule has 0 unspecified atom stereocenters. The Morgan fingerprint density at radius 3 is 2.19 bits per heavy atom. The molecule has 0 aliphatic heterocycles. The molecule has 1 aromatic carbocycles. The Labute approximate surface area is 91.1 Å². The van der Waals surface area contributed by atoms with Crippen molar-refractivity contribution in [2.75, 3.05) is 0 Å². The number of hydrogen-bond acceptors (Lipinski definition) is 3. The van der Waals surface area contributed by atoms with Crippen LogP contribution in [0.3, 0.4) is 0 Å². The van der Waals surface area contributed by atoms with Crippen LogP contribution in [-0.4, -0.2) is 22.9 Å². The number of primary amides is 1. The first-order valence-corrected chi connectivity index (χ1v) is 4.40. The van der Waals surface area contributed by atoms with Crippen LogP contribution in [-0.2, 0) is 14.4 Å². The average molecular weight is 222 g/mol. The highest BCUT2D eigenvalue weighted by Gasteiger charge is 2.23. The predicted molar refractivity (Wildman–Crippen MR) is 54.2 cm³/mol. The van der Waals surface area contributed by atoms with Gasteiger partial charge in [-0.05, 0) is 5.56 Å². The molecular formula is C10H10N2O4. The highest BCUT2D eigenvalue weighted by atomic mass is 16.4. The van der Waals surface area contributed by atoms with Crippen molar-refractivity contribution in [1.29, 1.82) is 0 Å². The third-order valence-corrected chi connectivity index (χ3v) is 1.88. The first-order chi connectivity index (χ1) is 7.52. The summed E-state index contributed by atoms with van der Waals surface area (Å²) in [5, 5.41) is 10.9. The van der Waals surface area contributed by atoms with E-state index in [1.807, 2.05) is 5.32 Å². The van der Waals surface area contributed by atoms with Crippen molar-refractivity contribution < 1.29 is 19.5 Å². The van der Waals surface area contributed by atoms with E-state index in [0.29, 0.717) is 5.56 Å². The van der Waals surface area contributed by atoms with Crippen LogP contribution < -0.4 is 11.1 Å². The first-order valence-electron chi connectivity index (χ1n) is 4.40. The Hall–Kier alpha value is -2.37. The smallest absolute Gasteiger partial charge is 0.330 e. The third-order valence-electron chi connectivity index (χ3n) is 1.88. The summed E-state index contributed by atoms with van der Waals surface area (Å²) in [6.45, 7) is 0. The lowest BCUT2D eigenvalue weighted by Gasteiger charge is -2.13. The number of rotatable bonds is 3. The number of carbonyl (C=O) groups excluding carboxylic acids is 2. The normalized spacial score (nSPS) is 11.5. The second-order valence-corrected chi connectivity index (χ2v) is 3.02. The molecule has 6 nitrogen and oxygen atoms in total. The van der Waals surface area contributed by atoms with Gasteiger partial charge in [-0.2, -0.15) is 0 Å². The molecule has 4 N–H and O–H groups in total. The molecule has 0 aromatic heterocycles. The molecule has 1 aromatic rings. The number of benzene rings is 1. The number of hydrogen-bond donors (Lipinski definition) is 3. The number of nitrogens with one attached hydrogen (secondary N) is 1. The van der Waals surface area contributed by atoms with Gasteiger partial charge in [-0.1, -0.05) is 30.3 Å². The molecule has 0 saturated carbocycles. The minimum absolute atomic E-state index is 0.365.